The Morgan fingerprint density at radius 1 is 1.02 bits per heavy atom. The van der Waals surface area contributed by atoms with E-state index >= 15 is 0 Å². The third kappa shape index (κ3) is 8.65. The molecule has 1 aromatic carbocycles. The number of carbonyl (C=O) groups excluding carboxylic acids is 4. The lowest BCUT2D eigenvalue weighted by atomic mass is 10.0. The van der Waals surface area contributed by atoms with Crippen molar-refractivity contribution < 1.29 is 37.1 Å². The molecule has 5 atom stereocenters. The molecular formula is C37H44ClN9O8S. The highest BCUT2D eigenvalue weighted by atomic mass is 35.5. The van der Waals surface area contributed by atoms with Gasteiger partial charge in [-0.15, -0.1) is 10.2 Å². The lowest BCUT2D eigenvalue weighted by Crippen LogP contribution is -2.58. The molecule has 3 aromatic rings. The summed E-state index contributed by atoms with van der Waals surface area (Å²) in [5, 5.41) is 18.8. The summed E-state index contributed by atoms with van der Waals surface area (Å²) >= 11 is 5.84. The molecule has 3 N–H and O–H groups in total. The van der Waals surface area contributed by atoms with Crippen LogP contribution in [0, 0.1) is 5.92 Å². The molecule has 3 fully saturated rings. The highest BCUT2D eigenvalue weighted by molar-refractivity contribution is 7.90. The number of pyridine rings is 1. The van der Waals surface area contributed by atoms with Gasteiger partial charge in [-0.25, -0.2) is 22.9 Å². The number of hydrogen-bond donors (Lipinski definition) is 3. The molecule has 0 radical (unpaired) electrons. The first-order valence-corrected chi connectivity index (χ1v) is 20.7. The van der Waals surface area contributed by atoms with Crippen LogP contribution < -0.4 is 20.1 Å². The van der Waals surface area contributed by atoms with E-state index in [1.165, 1.54) is 21.8 Å². The Labute approximate surface area is 329 Å². The average molecular weight is 810 g/mol. The molecule has 2 aromatic heterocycles. The van der Waals surface area contributed by atoms with E-state index in [1.54, 1.807) is 31.4 Å². The number of nitrogens with zero attached hydrogens (tertiary/aromatic N) is 6. The predicted octanol–water partition coefficient (Wildman–Crippen LogP) is 3.48. The van der Waals surface area contributed by atoms with Crippen LogP contribution in [-0.4, -0.2) is 99.7 Å². The molecule has 298 valence electrons. The summed E-state index contributed by atoms with van der Waals surface area (Å²) in [6.07, 6.45) is 10.6. The molecule has 0 unspecified atom stereocenters. The van der Waals surface area contributed by atoms with Crippen molar-refractivity contribution >= 4 is 45.4 Å². The number of tetrazole rings is 1. The van der Waals surface area contributed by atoms with Crippen molar-refractivity contribution in [3.05, 3.63) is 59.9 Å². The second-order valence-electron chi connectivity index (χ2n) is 14.7. The van der Waals surface area contributed by atoms with Crippen molar-refractivity contribution in [2.75, 3.05) is 13.7 Å². The van der Waals surface area contributed by atoms with Gasteiger partial charge in [0, 0.05) is 30.6 Å². The third-order valence-corrected chi connectivity index (χ3v) is 12.4. The van der Waals surface area contributed by atoms with Gasteiger partial charge in [-0.3, -0.25) is 14.4 Å². The van der Waals surface area contributed by atoms with Crippen LogP contribution in [-0.2, 0) is 29.1 Å². The number of methoxy groups -OCH3 is 1. The molecule has 7 rings (SSSR count). The number of benzene rings is 1. The molecule has 19 heteroatoms. The van der Waals surface area contributed by atoms with E-state index in [-0.39, 0.29) is 35.5 Å². The van der Waals surface area contributed by atoms with Crippen LogP contribution in [0.25, 0.3) is 11.4 Å². The van der Waals surface area contributed by atoms with Gasteiger partial charge in [0.05, 0.1) is 13.2 Å². The Balaban J connectivity index is 1.17. The van der Waals surface area contributed by atoms with Gasteiger partial charge in [0.15, 0.2) is 0 Å². The molecule has 0 bridgehead atoms. The molecule has 4 heterocycles. The average Bonchev–Trinajstić information content (AvgIpc) is 3.65. The van der Waals surface area contributed by atoms with Gasteiger partial charge in [-0.1, -0.05) is 36.6 Å². The van der Waals surface area contributed by atoms with E-state index in [0.29, 0.717) is 36.4 Å². The zero-order valence-corrected chi connectivity index (χ0v) is 32.4. The van der Waals surface area contributed by atoms with Crippen molar-refractivity contribution in [1.29, 1.82) is 0 Å². The first-order valence-electron chi connectivity index (χ1n) is 18.8. The van der Waals surface area contributed by atoms with Gasteiger partial charge in [0.1, 0.15) is 39.5 Å². The minimum Gasteiger partial charge on any atom is -0.497 e. The van der Waals surface area contributed by atoms with E-state index in [0.717, 1.165) is 44.7 Å². The van der Waals surface area contributed by atoms with Gasteiger partial charge in [-0.2, -0.15) is 4.80 Å². The molecule has 4 aliphatic rings. The fraction of sp³-hybridized carbons (Fsp3) is 0.514. The Kier molecular flexibility index (Phi) is 11.6. The van der Waals surface area contributed by atoms with Crippen LogP contribution in [0.3, 0.4) is 0 Å². The van der Waals surface area contributed by atoms with Crippen molar-refractivity contribution in [2.24, 2.45) is 5.92 Å². The number of rotatable bonds is 8. The third-order valence-electron chi connectivity index (χ3n) is 10.9. The Hall–Kier alpha value is -5.10. The molecule has 2 aliphatic heterocycles. The lowest BCUT2D eigenvalue weighted by molar-refractivity contribution is -0.141. The second-order valence-corrected chi connectivity index (χ2v) is 16.7. The Morgan fingerprint density at radius 2 is 1.79 bits per heavy atom. The van der Waals surface area contributed by atoms with Crippen LogP contribution in [0.1, 0.15) is 76.7 Å². The zero-order chi connectivity index (χ0) is 39.5. The first-order chi connectivity index (χ1) is 27.0. The highest BCUT2D eigenvalue weighted by Crippen LogP contribution is 2.46. The second kappa shape index (κ2) is 16.6. The van der Waals surface area contributed by atoms with E-state index in [2.05, 4.69) is 35.8 Å². The monoisotopic (exact) mass is 809 g/mol. The number of amides is 4. The maximum atomic E-state index is 14.5. The molecule has 56 heavy (non-hydrogen) atoms. The molecule has 2 aliphatic carbocycles. The van der Waals surface area contributed by atoms with Crippen LogP contribution >= 0.6 is 11.6 Å². The smallest absolute Gasteiger partial charge is 0.408 e. The number of alkyl carbamates (subject to hydrolysis) is 1. The zero-order valence-electron chi connectivity index (χ0n) is 30.8. The van der Waals surface area contributed by atoms with Crippen LogP contribution in [0.2, 0.25) is 5.15 Å². The predicted molar refractivity (Wildman–Crippen MR) is 200 cm³/mol. The van der Waals surface area contributed by atoms with Crippen molar-refractivity contribution in [2.45, 2.75) is 105 Å². The number of carbonyl (C=O) groups is 4. The maximum Gasteiger partial charge on any atom is 0.408 e. The number of hydrogen-bond acceptors (Lipinski definition) is 12. The maximum absolute atomic E-state index is 14.5. The normalized spacial score (nSPS) is 26.5. The van der Waals surface area contributed by atoms with E-state index in [9.17, 15) is 27.6 Å². The Bertz CT molecular complexity index is 2070. The summed E-state index contributed by atoms with van der Waals surface area (Å²) in [5.41, 5.74) is -0.947. The van der Waals surface area contributed by atoms with Crippen molar-refractivity contribution in [3.63, 3.8) is 0 Å². The number of ether oxygens (including phenoxy) is 2. The number of aromatic nitrogens is 5. The fourth-order valence-corrected chi connectivity index (χ4v) is 8.72. The summed E-state index contributed by atoms with van der Waals surface area (Å²) in [5.74, 6) is -1.63. The molecule has 2 saturated carbocycles. The lowest BCUT2D eigenvalue weighted by Gasteiger charge is -2.30. The molecule has 4 amide bonds. The van der Waals surface area contributed by atoms with Gasteiger partial charge < -0.3 is 25.0 Å². The number of sulfonamides is 1. The van der Waals surface area contributed by atoms with Crippen LogP contribution in [0.15, 0.2) is 59.6 Å². The Morgan fingerprint density at radius 3 is 2.52 bits per heavy atom. The van der Waals surface area contributed by atoms with Crippen molar-refractivity contribution in [3.8, 4) is 17.1 Å². The minimum atomic E-state index is -4.39. The largest absolute Gasteiger partial charge is 0.497 e. The molecule has 0 spiro atoms. The summed E-state index contributed by atoms with van der Waals surface area (Å²) in [7, 11) is -2.83. The van der Waals surface area contributed by atoms with Gasteiger partial charge in [0.2, 0.25) is 17.6 Å². The quantitative estimate of drug-likeness (QED) is 0.220. The molecule has 1 saturated heterocycles. The molecular weight excluding hydrogens is 766 g/mol. The number of fused-ring (bicyclic) bond motifs is 2. The molecule has 17 nitrogen and oxygen atoms in total. The van der Waals surface area contributed by atoms with E-state index in [1.807, 2.05) is 12.2 Å². The van der Waals surface area contributed by atoms with Crippen LogP contribution in [0.5, 0.6) is 5.75 Å². The summed E-state index contributed by atoms with van der Waals surface area (Å²) < 4.78 is 39.5. The van der Waals surface area contributed by atoms with Gasteiger partial charge in [-0.05, 0) is 93.0 Å². The van der Waals surface area contributed by atoms with Gasteiger partial charge >= 0.3 is 6.09 Å². The number of allylic oxidation sites excluding steroid dienone is 1. The topological polar surface area (TPSA) is 217 Å². The van der Waals surface area contributed by atoms with E-state index < -0.39 is 63.4 Å². The number of halogens is 1. The van der Waals surface area contributed by atoms with Crippen LogP contribution in [0.4, 0.5) is 4.79 Å². The van der Waals surface area contributed by atoms with Crippen molar-refractivity contribution in [1.82, 2.24) is 45.4 Å². The van der Waals surface area contributed by atoms with E-state index in [4.69, 9.17) is 21.1 Å². The SMILES string of the molecule is COc1ccc(-c2nnn([C@@H]3C[C@H]4C(=O)N[C@@]5(C(=O)NS(=O)(=O)c6ccc(Cl)nc6)C[C@H]5/C=C\CCCCC[C@@H](NC(=O)OC5CCCC5)C(=O)N4C3)n2)cc1. The summed E-state index contributed by atoms with van der Waals surface area (Å²) in [6, 6.07) is 6.84. The summed E-state index contributed by atoms with van der Waals surface area (Å²) in [4.78, 5) is 62.3. The summed E-state index contributed by atoms with van der Waals surface area (Å²) in [6.45, 7) is -0.00827. The first kappa shape index (κ1) is 39.1. The van der Waals surface area contributed by atoms with Gasteiger partial charge in [0.25, 0.3) is 15.9 Å². The minimum absolute atomic E-state index is 0.00827. The standard InChI is InChI=1S/C37H44ClN9O8S/c1-54-26-15-13-23(14-16-26)32-42-45-47(43-32)25-19-30-33(48)41-37(35(50)44-56(52,53)28-17-18-31(38)39-21-28)20-24(37)9-5-3-2-4-6-12-29(34(49)46(30)22-25)40-36(51)55-27-10-7-8-11-27/h5,9,13-18,21,24-25,27,29-30H,2-4,6-8,10-12,19-20,22H2,1H3,(H,40,51)(H,41,48)(H,44,50)/b9-5-/t24-,25-,29-,30+,37+/m1/s1. The number of nitrogens with one attached hydrogen (secondary N) is 3. The highest BCUT2D eigenvalue weighted by Gasteiger charge is 2.61. The fourth-order valence-electron chi connectivity index (χ4n) is 7.63.